The summed E-state index contributed by atoms with van der Waals surface area (Å²) in [5.74, 6) is 0.377. The average molecular weight is 280 g/mol. The molecule has 4 heteroatoms. The van der Waals surface area contributed by atoms with E-state index in [2.05, 4.69) is 5.32 Å². The van der Waals surface area contributed by atoms with Crippen molar-refractivity contribution in [2.45, 2.75) is 13.0 Å². The second-order valence-electron chi connectivity index (χ2n) is 4.26. The van der Waals surface area contributed by atoms with Gasteiger partial charge in [-0.25, -0.2) is 4.39 Å². The largest absolute Gasteiger partial charge is 0.454 e. The van der Waals surface area contributed by atoms with Crippen LogP contribution in [-0.4, -0.2) is 7.05 Å². The molecule has 0 aliphatic heterocycles. The van der Waals surface area contributed by atoms with E-state index < -0.39 is 0 Å². The lowest BCUT2D eigenvalue weighted by molar-refractivity contribution is 0.441. The second kappa shape index (κ2) is 6.04. The van der Waals surface area contributed by atoms with Crippen LogP contribution in [0, 0.1) is 5.82 Å². The van der Waals surface area contributed by atoms with Crippen molar-refractivity contribution in [3.8, 4) is 11.5 Å². The highest BCUT2D eigenvalue weighted by atomic mass is 35.5. The zero-order valence-electron chi connectivity index (χ0n) is 10.8. The molecule has 0 heterocycles. The van der Waals surface area contributed by atoms with Gasteiger partial charge in [-0.05, 0) is 55.9 Å². The quantitative estimate of drug-likeness (QED) is 0.886. The monoisotopic (exact) mass is 279 g/mol. The number of benzene rings is 2. The van der Waals surface area contributed by atoms with Crippen molar-refractivity contribution in [3.63, 3.8) is 0 Å². The van der Waals surface area contributed by atoms with E-state index in [1.165, 1.54) is 6.07 Å². The molecule has 2 aromatic carbocycles. The number of halogens is 2. The third-order valence-electron chi connectivity index (χ3n) is 2.93. The summed E-state index contributed by atoms with van der Waals surface area (Å²) in [6.45, 7) is 1.97. The summed E-state index contributed by atoms with van der Waals surface area (Å²) in [5.41, 5.74) is 0.878. The summed E-state index contributed by atoms with van der Waals surface area (Å²) >= 11 is 5.78. The van der Waals surface area contributed by atoms with Gasteiger partial charge in [0, 0.05) is 11.1 Å². The Labute approximate surface area is 117 Å². The lowest BCUT2D eigenvalue weighted by Gasteiger charge is -2.12. The van der Waals surface area contributed by atoms with Crippen LogP contribution in [0.15, 0.2) is 42.5 Å². The van der Waals surface area contributed by atoms with Gasteiger partial charge in [0.25, 0.3) is 0 Å². The molecular weight excluding hydrogens is 265 g/mol. The summed E-state index contributed by atoms with van der Waals surface area (Å²) in [6.07, 6.45) is 0. The van der Waals surface area contributed by atoms with Crippen LogP contribution in [0.25, 0.3) is 0 Å². The number of nitrogens with one attached hydrogen (secondary N) is 1. The first-order valence-corrected chi connectivity index (χ1v) is 6.38. The molecule has 19 heavy (non-hydrogen) atoms. The third-order valence-corrected chi connectivity index (χ3v) is 3.18. The fraction of sp³-hybridized carbons (Fsp3) is 0.200. The van der Waals surface area contributed by atoms with Crippen LogP contribution >= 0.6 is 11.6 Å². The molecule has 0 aliphatic rings. The average Bonchev–Trinajstić information content (AvgIpc) is 2.42. The predicted octanol–water partition coefficient (Wildman–Crippen LogP) is 4.55. The van der Waals surface area contributed by atoms with Crippen molar-refractivity contribution in [2.75, 3.05) is 7.05 Å². The van der Waals surface area contributed by atoms with E-state index in [4.69, 9.17) is 16.3 Å². The molecule has 0 saturated heterocycles. The second-order valence-corrected chi connectivity index (χ2v) is 4.69. The minimum Gasteiger partial charge on any atom is -0.454 e. The van der Waals surface area contributed by atoms with Crippen molar-refractivity contribution >= 4 is 11.6 Å². The molecule has 1 N–H and O–H groups in total. The zero-order valence-corrected chi connectivity index (χ0v) is 11.5. The van der Waals surface area contributed by atoms with Gasteiger partial charge in [0.05, 0.1) is 0 Å². The summed E-state index contributed by atoms with van der Waals surface area (Å²) in [4.78, 5) is 0. The Morgan fingerprint density at radius 3 is 2.42 bits per heavy atom. The molecule has 0 amide bonds. The molecule has 100 valence electrons. The van der Waals surface area contributed by atoms with Gasteiger partial charge in [0.15, 0.2) is 11.6 Å². The lowest BCUT2D eigenvalue weighted by Crippen LogP contribution is -2.12. The smallest absolute Gasteiger partial charge is 0.166 e. The molecule has 0 aromatic heterocycles. The van der Waals surface area contributed by atoms with Crippen LogP contribution < -0.4 is 10.1 Å². The Bertz CT molecular complexity index is 557. The molecule has 0 spiro atoms. The predicted molar refractivity (Wildman–Crippen MR) is 75.4 cm³/mol. The molecule has 0 bridgehead atoms. The Kier molecular flexibility index (Phi) is 4.40. The SMILES string of the molecule is CNC(C)c1ccc(Oc2ccc(Cl)cc2)c(F)c1. The Morgan fingerprint density at radius 1 is 1.16 bits per heavy atom. The van der Waals surface area contributed by atoms with Crippen molar-refractivity contribution in [1.29, 1.82) is 0 Å². The number of hydrogen-bond acceptors (Lipinski definition) is 2. The first kappa shape index (κ1) is 13.8. The maximum absolute atomic E-state index is 13.9. The Balaban J connectivity index is 2.19. The van der Waals surface area contributed by atoms with E-state index in [0.717, 1.165) is 5.56 Å². The summed E-state index contributed by atoms with van der Waals surface area (Å²) in [6, 6.07) is 11.9. The van der Waals surface area contributed by atoms with Gasteiger partial charge in [-0.1, -0.05) is 17.7 Å². The Hall–Kier alpha value is -1.58. The van der Waals surface area contributed by atoms with Gasteiger partial charge in [-0.3, -0.25) is 0 Å². The van der Waals surface area contributed by atoms with Crippen LogP contribution in [0.2, 0.25) is 5.02 Å². The molecule has 0 saturated carbocycles. The van der Waals surface area contributed by atoms with Crippen LogP contribution in [0.1, 0.15) is 18.5 Å². The van der Waals surface area contributed by atoms with Gasteiger partial charge in [-0.2, -0.15) is 0 Å². The third kappa shape index (κ3) is 3.46. The molecule has 1 atom stereocenters. The van der Waals surface area contributed by atoms with E-state index in [1.54, 1.807) is 30.3 Å². The van der Waals surface area contributed by atoms with Crippen molar-refractivity contribution < 1.29 is 9.13 Å². The number of hydrogen-bond donors (Lipinski definition) is 1. The molecule has 0 aliphatic carbocycles. The topological polar surface area (TPSA) is 21.3 Å². The molecule has 2 aromatic rings. The fourth-order valence-corrected chi connectivity index (χ4v) is 1.79. The minimum atomic E-state index is -0.380. The highest BCUT2D eigenvalue weighted by Crippen LogP contribution is 2.27. The van der Waals surface area contributed by atoms with E-state index in [1.807, 2.05) is 20.0 Å². The summed E-state index contributed by atoms with van der Waals surface area (Å²) in [5, 5.41) is 3.68. The summed E-state index contributed by atoms with van der Waals surface area (Å²) < 4.78 is 19.4. The van der Waals surface area contributed by atoms with E-state index in [9.17, 15) is 4.39 Å². The van der Waals surface area contributed by atoms with Crippen LogP contribution in [0.5, 0.6) is 11.5 Å². The first-order valence-electron chi connectivity index (χ1n) is 6.00. The standard InChI is InChI=1S/C15H15ClFNO/c1-10(18-2)11-3-8-15(14(17)9-11)19-13-6-4-12(16)5-7-13/h3-10,18H,1-2H3. The minimum absolute atomic E-state index is 0.0964. The zero-order chi connectivity index (χ0) is 13.8. The van der Waals surface area contributed by atoms with Gasteiger partial charge < -0.3 is 10.1 Å². The molecule has 2 nitrogen and oxygen atoms in total. The van der Waals surface area contributed by atoms with Crippen molar-refractivity contribution in [2.24, 2.45) is 0 Å². The van der Waals surface area contributed by atoms with E-state index >= 15 is 0 Å². The van der Waals surface area contributed by atoms with E-state index in [0.29, 0.717) is 10.8 Å². The van der Waals surface area contributed by atoms with Crippen LogP contribution in [0.4, 0.5) is 4.39 Å². The molecular formula is C15H15ClFNO. The van der Waals surface area contributed by atoms with Crippen LogP contribution in [-0.2, 0) is 0 Å². The molecule has 0 fully saturated rings. The highest BCUT2D eigenvalue weighted by Gasteiger charge is 2.09. The van der Waals surface area contributed by atoms with Gasteiger partial charge in [-0.15, -0.1) is 0 Å². The first-order chi connectivity index (χ1) is 9.10. The maximum atomic E-state index is 13.9. The van der Waals surface area contributed by atoms with Crippen molar-refractivity contribution in [1.82, 2.24) is 5.32 Å². The molecule has 2 rings (SSSR count). The Morgan fingerprint density at radius 2 is 1.84 bits per heavy atom. The summed E-state index contributed by atoms with van der Waals surface area (Å²) in [7, 11) is 1.83. The van der Waals surface area contributed by atoms with Crippen LogP contribution in [0.3, 0.4) is 0 Å². The number of rotatable bonds is 4. The molecule has 1 unspecified atom stereocenters. The molecule has 0 radical (unpaired) electrons. The van der Waals surface area contributed by atoms with Gasteiger partial charge in [0.2, 0.25) is 0 Å². The van der Waals surface area contributed by atoms with E-state index in [-0.39, 0.29) is 17.6 Å². The fourth-order valence-electron chi connectivity index (χ4n) is 1.67. The number of ether oxygens (including phenoxy) is 1. The van der Waals surface area contributed by atoms with Gasteiger partial charge >= 0.3 is 0 Å². The highest BCUT2D eigenvalue weighted by molar-refractivity contribution is 6.30. The van der Waals surface area contributed by atoms with Gasteiger partial charge in [0.1, 0.15) is 5.75 Å². The normalized spacial score (nSPS) is 12.2. The maximum Gasteiger partial charge on any atom is 0.166 e. The van der Waals surface area contributed by atoms with Crippen molar-refractivity contribution in [3.05, 3.63) is 58.9 Å². The lowest BCUT2D eigenvalue weighted by atomic mass is 10.1.